The number of fused-ring (bicyclic) bond motifs is 1. The van der Waals surface area contributed by atoms with Crippen molar-refractivity contribution in [2.75, 3.05) is 6.61 Å². The topological polar surface area (TPSA) is 79.0 Å². The van der Waals surface area contributed by atoms with Gasteiger partial charge in [0.2, 0.25) is 0 Å². The van der Waals surface area contributed by atoms with Gasteiger partial charge in [0.05, 0.1) is 24.2 Å². The molecule has 3 rings (SSSR count). The lowest BCUT2D eigenvalue weighted by Crippen LogP contribution is -2.32. The number of aromatic nitrogens is 4. The number of benzene rings is 1. The largest absolute Gasteiger partial charge is 0.464 e. The Hall–Kier alpha value is -2.96. The van der Waals surface area contributed by atoms with E-state index in [1.165, 1.54) is 4.68 Å². The minimum atomic E-state index is -0.811. The number of carbonyl (C=O) groups excluding carboxylic acids is 1. The van der Waals surface area contributed by atoms with Crippen molar-refractivity contribution in [2.45, 2.75) is 40.7 Å². The van der Waals surface area contributed by atoms with Gasteiger partial charge in [-0.3, -0.25) is 4.79 Å². The Bertz CT molecular complexity index is 1050. The molecule has 3 aromatic rings. The fourth-order valence-corrected chi connectivity index (χ4v) is 2.87. The Morgan fingerprint density at radius 1 is 1.23 bits per heavy atom. The highest BCUT2D eigenvalue weighted by Gasteiger charge is 2.23. The molecule has 0 aliphatic carbocycles. The molecule has 0 amide bonds. The zero-order valence-electron chi connectivity index (χ0n) is 15.6. The summed E-state index contributed by atoms with van der Waals surface area (Å²) in [7, 11) is 0. The van der Waals surface area contributed by atoms with E-state index < -0.39 is 12.0 Å². The molecular weight excluding hydrogens is 332 g/mol. The van der Waals surface area contributed by atoms with Crippen molar-refractivity contribution in [1.29, 1.82) is 0 Å². The van der Waals surface area contributed by atoms with Crippen molar-refractivity contribution >= 4 is 16.9 Å². The van der Waals surface area contributed by atoms with Crippen LogP contribution >= 0.6 is 0 Å². The average Bonchev–Trinajstić information content (AvgIpc) is 3.06. The van der Waals surface area contributed by atoms with Crippen molar-refractivity contribution in [3.63, 3.8) is 0 Å². The predicted octanol–water partition coefficient (Wildman–Crippen LogP) is 2.63. The van der Waals surface area contributed by atoms with E-state index in [2.05, 4.69) is 10.2 Å². The SMILES string of the molecule is CCOC(=O)C(C)n1nc(C)c2cnn(-c3ccc(C)c(C)c3)c2c1=O. The summed E-state index contributed by atoms with van der Waals surface area (Å²) in [5.74, 6) is -0.488. The molecule has 7 nitrogen and oxygen atoms in total. The Balaban J connectivity index is 2.23. The molecule has 0 aliphatic heterocycles. The van der Waals surface area contributed by atoms with E-state index in [-0.39, 0.29) is 12.2 Å². The number of aryl methyl sites for hydroxylation is 3. The quantitative estimate of drug-likeness (QED) is 0.673. The molecule has 26 heavy (non-hydrogen) atoms. The second kappa shape index (κ2) is 6.74. The summed E-state index contributed by atoms with van der Waals surface area (Å²) in [5, 5.41) is 9.35. The third kappa shape index (κ3) is 2.89. The molecule has 0 bridgehead atoms. The number of esters is 1. The third-order valence-electron chi connectivity index (χ3n) is 4.56. The molecule has 0 fully saturated rings. The Labute approximate surface area is 151 Å². The minimum Gasteiger partial charge on any atom is -0.464 e. The molecule has 136 valence electrons. The van der Waals surface area contributed by atoms with Gasteiger partial charge in [0.25, 0.3) is 5.56 Å². The third-order valence-corrected chi connectivity index (χ3v) is 4.56. The summed E-state index contributed by atoms with van der Waals surface area (Å²) >= 11 is 0. The smallest absolute Gasteiger partial charge is 0.330 e. The van der Waals surface area contributed by atoms with Gasteiger partial charge >= 0.3 is 5.97 Å². The highest BCUT2D eigenvalue weighted by Crippen LogP contribution is 2.20. The molecule has 0 saturated carbocycles. The van der Waals surface area contributed by atoms with E-state index in [1.807, 2.05) is 32.0 Å². The van der Waals surface area contributed by atoms with E-state index in [0.717, 1.165) is 16.8 Å². The highest BCUT2D eigenvalue weighted by molar-refractivity contribution is 5.82. The second-order valence-corrected chi connectivity index (χ2v) is 6.35. The van der Waals surface area contributed by atoms with Gasteiger partial charge in [-0.2, -0.15) is 10.2 Å². The lowest BCUT2D eigenvalue weighted by atomic mass is 10.1. The van der Waals surface area contributed by atoms with Crippen LogP contribution < -0.4 is 5.56 Å². The first kappa shape index (κ1) is 17.8. The monoisotopic (exact) mass is 354 g/mol. The van der Waals surface area contributed by atoms with Crippen LogP contribution in [0.2, 0.25) is 0 Å². The summed E-state index contributed by atoms with van der Waals surface area (Å²) in [6.07, 6.45) is 1.63. The van der Waals surface area contributed by atoms with Crippen LogP contribution in [-0.2, 0) is 9.53 Å². The molecule has 0 aliphatic rings. The molecular formula is C19H22N4O3. The summed E-state index contributed by atoms with van der Waals surface area (Å²) in [6, 6.07) is 5.08. The van der Waals surface area contributed by atoms with Crippen molar-refractivity contribution < 1.29 is 9.53 Å². The maximum atomic E-state index is 13.1. The molecule has 1 aromatic carbocycles. The van der Waals surface area contributed by atoms with E-state index >= 15 is 0 Å². The second-order valence-electron chi connectivity index (χ2n) is 6.35. The first-order valence-corrected chi connectivity index (χ1v) is 8.56. The van der Waals surface area contributed by atoms with Gasteiger partial charge in [0.15, 0.2) is 6.04 Å². The van der Waals surface area contributed by atoms with Gasteiger partial charge in [-0.25, -0.2) is 14.2 Å². The standard InChI is InChI=1S/C19H22N4O3/c1-6-26-19(25)14(5)22-18(24)17-16(13(4)21-22)10-20-23(17)15-8-7-11(2)12(3)9-15/h7-10,14H,6H2,1-5H3. The number of hydrogen-bond donors (Lipinski definition) is 0. The molecule has 2 aromatic heterocycles. The average molecular weight is 354 g/mol. The van der Waals surface area contributed by atoms with Gasteiger partial charge < -0.3 is 4.74 Å². The van der Waals surface area contributed by atoms with Crippen LogP contribution in [0.3, 0.4) is 0 Å². The molecule has 7 heteroatoms. The number of nitrogens with zero attached hydrogens (tertiary/aromatic N) is 4. The summed E-state index contributed by atoms with van der Waals surface area (Å²) in [6.45, 7) is 9.42. The molecule has 0 radical (unpaired) electrons. The van der Waals surface area contributed by atoms with E-state index in [4.69, 9.17) is 4.74 Å². The van der Waals surface area contributed by atoms with Gasteiger partial charge in [0.1, 0.15) is 5.52 Å². The van der Waals surface area contributed by atoms with Crippen LogP contribution in [0, 0.1) is 20.8 Å². The number of rotatable bonds is 4. The molecule has 0 spiro atoms. The van der Waals surface area contributed by atoms with Crippen molar-refractivity contribution in [1.82, 2.24) is 19.6 Å². The Morgan fingerprint density at radius 3 is 2.62 bits per heavy atom. The van der Waals surface area contributed by atoms with Crippen LogP contribution in [0.4, 0.5) is 0 Å². The zero-order valence-corrected chi connectivity index (χ0v) is 15.6. The lowest BCUT2D eigenvalue weighted by molar-refractivity contribution is -0.147. The zero-order chi connectivity index (χ0) is 19.0. The van der Waals surface area contributed by atoms with Crippen molar-refractivity contribution in [3.05, 3.63) is 51.6 Å². The summed E-state index contributed by atoms with van der Waals surface area (Å²) < 4.78 is 7.81. The van der Waals surface area contributed by atoms with E-state index in [1.54, 1.807) is 31.6 Å². The van der Waals surface area contributed by atoms with Crippen LogP contribution in [0.5, 0.6) is 0 Å². The lowest BCUT2D eigenvalue weighted by Gasteiger charge is -2.14. The fraction of sp³-hybridized carbons (Fsp3) is 0.368. The van der Waals surface area contributed by atoms with Crippen LogP contribution in [0.1, 0.15) is 36.7 Å². The molecule has 1 atom stereocenters. The Morgan fingerprint density at radius 2 is 1.96 bits per heavy atom. The van der Waals surface area contributed by atoms with Crippen LogP contribution in [-0.4, -0.2) is 32.1 Å². The maximum absolute atomic E-state index is 13.1. The first-order chi connectivity index (χ1) is 12.3. The minimum absolute atomic E-state index is 0.250. The van der Waals surface area contributed by atoms with Gasteiger partial charge in [-0.05, 0) is 57.9 Å². The molecule has 2 heterocycles. The van der Waals surface area contributed by atoms with Gasteiger partial charge in [-0.15, -0.1) is 0 Å². The van der Waals surface area contributed by atoms with Gasteiger partial charge in [-0.1, -0.05) is 6.07 Å². The predicted molar refractivity (Wildman–Crippen MR) is 98.7 cm³/mol. The van der Waals surface area contributed by atoms with E-state index in [9.17, 15) is 9.59 Å². The molecule has 1 unspecified atom stereocenters. The molecule has 0 saturated heterocycles. The fourth-order valence-electron chi connectivity index (χ4n) is 2.87. The first-order valence-electron chi connectivity index (χ1n) is 8.56. The van der Waals surface area contributed by atoms with Crippen molar-refractivity contribution in [2.24, 2.45) is 0 Å². The maximum Gasteiger partial charge on any atom is 0.330 e. The summed E-state index contributed by atoms with van der Waals surface area (Å²) in [4.78, 5) is 25.1. The van der Waals surface area contributed by atoms with Gasteiger partial charge in [0, 0.05) is 5.39 Å². The summed E-state index contributed by atoms with van der Waals surface area (Å²) in [5.41, 5.74) is 3.72. The van der Waals surface area contributed by atoms with Crippen LogP contribution in [0.25, 0.3) is 16.6 Å². The van der Waals surface area contributed by atoms with Crippen molar-refractivity contribution in [3.8, 4) is 5.69 Å². The number of carbonyl (C=O) groups is 1. The number of ether oxygens (including phenoxy) is 1. The van der Waals surface area contributed by atoms with E-state index in [0.29, 0.717) is 16.6 Å². The highest BCUT2D eigenvalue weighted by atomic mass is 16.5. The van der Waals surface area contributed by atoms with Crippen LogP contribution in [0.15, 0.2) is 29.2 Å². The number of hydrogen-bond acceptors (Lipinski definition) is 5. The normalized spacial score (nSPS) is 12.3. The molecule has 0 N–H and O–H groups in total. The Kier molecular flexibility index (Phi) is 4.63.